The largest absolute Gasteiger partial charge is 0.497 e. The summed E-state index contributed by atoms with van der Waals surface area (Å²) in [6.45, 7) is 1.73. The molecular formula is C34H36FN3O5S. The van der Waals surface area contributed by atoms with Gasteiger partial charge in [0.25, 0.3) is 10.0 Å². The number of nitrogens with zero attached hydrogens (tertiary/aromatic N) is 2. The lowest BCUT2D eigenvalue weighted by Gasteiger charge is -2.34. The Hall–Kier alpha value is -4.70. The van der Waals surface area contributed by atoms with Crippen molar-refractivity contribution in [3.8, 4) is 5.75 Å². The predicted octanol–water partition coefficient (Wildman–Crippen LogP) is 5.20. The highest BCUT2D eigenvalue weighted by Gasteiger charge is 2.34. The Kier molecular flexibility index (Phi) is 11.1. The summed E-state index contributed by atoms with van der Waals surface area (Å²) in [6.07, 6.45) is 0.898. The molecule has 1 N–H and O–H groups in total. The maximum absolute atomic E-state index is 14.4. The minimum absolute atomic E-state index is 0.00964. The van der Waals surface area contributed by atoms with E-state index < -0.39 is 34.3 Å². The van der Waals surface area contributed by atoms with Crippen molar-refractivity contribution in [1.29, 1.82) is 0 Å². The van der Waals surface area contributed by atoms with Crippen molar-refractivity contribution in [2.45, 2.75) is 37.2 Å². The SMILES string of the molecule is CCCNC(=O)C(Cc1ccccc1)N(Cc1cccc(OC)c1)C(=O)CN(c1ccc(F)cc1)S(=O)(=O)c1ccccc1. The molecule has 10 heteroatoms. The number of anilines is 1. The molecule has 230 valence electrons. The van der Waals surface area contributed by atoms with E-state index in [9.17, 15) is 22.4 Å². The van der Waals surface area contributed by atoms with Gasteiger partial charge >= 0.3 is 0 Å². The monoisotopic (exact) mass is 617 g/mol. The van der Waals surface area contributed by atoms with Crippen molar-refractivity contribution >= 4 is 27.5 Å². The van der Waals surface area contributed by atoms with Crippen LogP contribution in [0.1, 0.15) is 24.5 Å². The Morgan fingerprint density at radius 2 is 1.50 bits per heavy atom. The summed E-state index contributed by atoms with van der Waals surface area (Å²) in [5.74, 6) is -0.938. The van der Waals surface area contributed by atoms with Crippen molar-refractivity contribution in [2.75, 3.05) is 24.5 Å². The van der Waals surface area contributed by atoms with Crippen molar-refractivity contribution in [2.24, 2.45) is 0 Å². The van der Waals surface area contributed by atoms with Gasteiger partial charge in [0.05, 0.1) is 17.7 Å². The van der Waals surface area contributed by atoms with Gasteiger partial charge in [-0.1, -0.05) is 67.6 Å². The average molecular weight is 618 g/mol. The fraction of sp³-hybridized carbons (Fsp3) is 0.235. The second-order valence-electron chi connectivity index (χ2n) is 10.2. The number of halogens is 1. The zero-order valence-electron chi connectivity index (χ0n) is 24.7. The molecule has 0 saturated carbocycles. The van der Waals surface area contributed by atoms with Gasteiger partial charge in [0.15, 0.2) is 0 Å². The summed E-state index contributed by atoms with van der Waals surface area (Å²) in [5, 5.41) is 2.91. The van der Waals surface area contributed by atoms with E-state index in [4.69, 9.17) is 4.74 Å². The molecular weight excluding hydrogens is 581 g/mol. The van der Waals surface area contributed by atoms with Crippen LogP contribution in [0.4, 0.5) is 10.1 Å². The molecule has 0 aliphatic carbocycles. The third-order valence-electron chi connectivity index (χ3n) is 7.03. The predicted molar refractivity (Wildman–Crippen MR) is 168 cm³/mol. The van der Waals surface area contributed by atoms with Crippen molar-refractivity contribution in [1.82, 2.24) is 10.2 Å². The molecule has 0 heterocycles. The summed E-state index contributed by atoms with van der Waals surface area (Å²) in [7, 11) is -2.72. The maximum Gasteiger partial charge on any atom is 0.264 e. The van der Waals surface area contributed by atoms with Gasteiger partial charge in [0.1, 0.15) is 24.2 Å². The number of hydrogen-bond donors (Lipinski definition) is 1. The van der Waals surface area contributed by atoms with Crippen LogP contribution in [0, 0.1) is 5.82 Å². The van der Waals surface area contributed by atoms with E-state index in [0.717, 1.165) is 22.0 Å². The number of rotatable bonds is 14. The highest BCUT2D eigenvalue weighted by Crippen LogP contribution is 2.26. The van der Waals surface area contributed by atoms with Crippen LogP contribution < -0.4 is 14.4 Å². The Labute approximate surface area is 258 Å². The van der Waals surface area contributed by atoms with Crippen molar-refractivity contribution < 1.29 is 27.1 Å². The van der Waals surface area contributed by atoms with E-state index in [2.05, 4.69) is 5.32 Å². The van der Waals surface area contributed by atoms with Crippen molar-refractivity contribution in [3.63, 3.8) is 0 Å². The first kappa shape index (κ1) is 32.2. The van der Waals surface area contributed by atoms with E-state index in [1.807, 2.05) is 43.3 Å². The topological polar surface area (TPSA) is 96.0 Å². The number of amides is 2. The smallest absolute Gasteiger partial charge is 0.264 e. The summed E-state index contributed by atoms with van der Waals surface area (Å²) in [6, 6.07) is 28.1. The van der Waals surface area contributed by atoms with Crippen LogP contribution in [-0.4, -0.2) is 51.4 Å². The summed E-state index contributed by atoms with van der Waals surface area (Å²) in [4.78, 5) is 29.4. The Bertz CT molecular complexity index is 1630. The van der Waals surface area contributed by atoms with Gasteiger partial charge < -0.3 is 15.0 Å². The molecule has 1 unspecified atom stereocenters. The molecule has 0 fully saturated rings. The molecule has 2 amide bonds. The fourth-order valence-corrected chi connectivity index (χ4v) is 6.18. The first-order chi connectivity index (χ1) is 21.2. The normalized spacial score (nSPS) is 11.8. The Morgan fingerprint density at radius 3 is 2.14 bits per heavy atom. The summed E-state index contributed by atoms with van der Waals surface area (Å²) >= 11 is 0. The zero-order valence-corrected chi connectivity index (χ0v) is 25.5. The number of ether oxygens (including phenoxy) is 1. The van der Waals surface area contributed by atoms with E-state index >= 15 is 0 Å². The quantitative estimate of drug-likeness (QED) is 0.210. The highest BCUT2D eigenvalue weighted by molar-refractivity contribution is 7.92. The van der Waals surface area contributed by atoms with Crippen molar-refractivity contribution in [3.05, 3.63) is 126 Å². The Balaban J connectivity index is 1.79. The van der Waals surface area contributed by atoms with Crippen LogP contribution in [0.15, 0.2) is 114 Å². The van der Waals surface area contributed by atoms with E-state index in [1.54, 1.807) is 36.4 Å². The molecule has 1 atom stereocenters. The molecule has 4 rings (SSSR count). The van der Waals surface area contributed by atoms with E-state index in [0.29, 0.717) is 24.3 Å². The highest BCUT2D eigenvalue weighted by atomic mass is 32.2. The number of nitrogens with one attached hydrogen (secondary N) is 1. The maximum atomic E-state index is 14.4. The summed E-state index contributed by atoms with van der Waals surface area (Å²) in [5.41, 5.74) is 1.64. The van der Waals surface area contributed by atoms with Gasteiger partial charge in [0.2, 0.25) is 11.8 Å². The molecule has 4 aromatic carbocycles. The molecule has 8 nitrogen and oxygen atoms in total. The Morgan fingerprint density at radius 1 is 0.864 bits per heavy atom. The zero-order chi connectivity index (χ0) is 31.5. The fourth-order valence-electron chi connectivity index (χ4n) is 4.74. The van der Waals surface area contributed by atoms with Crippen LogP contribution in [0.25, 0.3) is 0 Å². The lowest BCUT2D eigenvalue weighted by Crippen LogP contribution is -2.53. The third-order valence-corrected chi connectivity index (χ3v) is 8.82. The van der Waals surface area contributed by atoms with E-state index in [1.165, 1.54) is 36.3 Å². The lowest BCUT2D eigenvalue weighted by atomic mass is 10.0. The second kappa shape index (κ2) is 15.2. The number of methoxy groups -OCH3 is 1. The number of carbonyl (C=O) groups excluding carboxylic acids is 2. The molecule has 0 aliphatic rings. The standard InChI is InChI=1S/C34H36FN3O5S/c1-3-21-36-34(40)32(23-26-11-6-4-7-12-26)37(24-27-13-10-14-30(22-27)43-2)33(39)25-38(29-19-17-28(35)18-20-29)44(41,42)31-15-8-5-9-16-31/h4-20,22,32H,3,21,23-25H2,1-2H3,(H,36,40). The van der Waals surface area contributed by atoms with Crippen LogP contribution in [0.3, 0.4) is 0 Å². The number of sulfonamides is 1. The minimum Gasteiger partial charge on any atom is -0.497 e. The molecule has 0 saturated heterocycles. The van der Waals surface area contributed by atoms with Crippen LogP contribution in [0.2, 0.25) is 0 Å². The third kappa shape index (κ3) is 8.23. The summed E-state index contributed by atoms with van der Waals surface area (Å²) < 4.78 is 48.0. The van der Waals surface area contributed by atoms with Crippen LogP contribution in [-0.2, 0) is 32.6 Å². The van der Waals surface area contributed by atoms with Gasteiger partial charge in [-0.3, -0.25) is 13.9 Å². The molecule has 0 aliphatic heterocycles. The molecule has 0 aromatic heterocycles. The van der Waals surface area contributed by atoms with Gasteiger partial charge in [-0.05, 0) is 66.1 Å². The molecule has 0 bridgehead atoms. The first-order valence-corrected chi connectivity index (χ1v) is 15.7. The molecule has 4 aromatic rings. The van der Waals surface area contributed by atoms with Gasteiger partial charge in [0, 0.05) is 19.5 Å². The molecule has 0 radical (unpaired) electrons. The second-order valence-corrected chi connectivity index (χ2v) is 12.0. The number of benzene rings is 4. The number of carbonyl (C=O) groups is 2. The average Bonchev–Trinajstić information content (AvgIpc) is 3.05. The minimum atomic E-state index is -4.26. The first-order valence-electron chi connectivity index (χ1n) is 14.3. The number of hydrogen-bond acceptors (Lipinski definition) is 5. The van der Waals surface area contributed by atoms with E-state index in [-0.39, 0.29) is 29.5 Å². The van der Waals surface area contributed by atoms with Gasteiger partial charge in [-0.25, -0.2) is 12.8 Å². The molecule has 44 heavy (non-hydrogen) atoms. The molecule has 0 spiro atoms. The van der Waals surface area contributed by atoms with Crippen LogP contribution in [0.5, 0.6) is 5.75 Å². The van der Waals surface area contributed by atoms with Gasteiger partial charge in [-0.15, -0.1) is 0 Å². The van der Waals surface area contributed by atoms with Gasteiger partial charge in [-0.2, -0.15) is 0 Å². The lowest BCUT2D eigenvalue weighted by molar-refractivity contribution is -0.140. The van der Waals surface area contributed by atoms with Crippen LogP contribution >= 0.6 is 0 Å².